The van der Waals surface area contributed by atoms with E-state index in [2.05, 4.69) is 40.2 Å². The average Bonchev–Trinajstić information content (AvgIpc) is 3.15. The highest BCUT2D eigenvalue weighted by molar-refractivity contribution is 9.11. The zero-order valence-corrected chi connectivity index (χ0v) is 16.2. The van der Waals surface area contributed by atoms with Gasteiger partial charge in [0, 0.05) is 14.6 Å². The monoisotopic (exact) mass is 419 g/mol. The molecule has 0 spiro atoms. The number of aryl methyl sites for hydroxylation is 1. The van der Waals surface area contributed by atoms with Crippen molar-refractivity contribution in [3.63, 3.8) is 0 Å². The van der Waals surface area contributed by atoms with E-state index in [-0.39, 0.29) is 11.2 Å². The second-order valence-corrected chi connectivity index (χ2v) is 9.49. The molecule has 0 aliphatic heterocycles. The third-order valence-corrected chi connectivity index (χ3v) is 7.29. The Morgan fingerprint density at radius 2 is 2.00 bits per heavy atom. The Hall–Kier alpha value is -0.340. The fraction of sp³-hybridized carbons (Fsp3) is 0.400. The Bertz CT molecular complexity index is 611. The molecule has 0 saturated heterocycles. The second-order valence-electron chi connectivity index (χ2n) is 4.82. The summed E-state index contributed by atoms with van der Waals surface area (Å²) in [5, 5.41) is 8.51. The molecule has 0 fully saturated rings. The van der Waals surface area contributed by atoms with Crippen molar-refractivity contribution < 1.29 is 10.0 Å². The Kier molecular flexibility index (Phi) is 7.43. The van der Waals surface area contributed by atoms with Gasteiger partial charge in [-0.15, -0.1) is 22.7 Å². The molecule has 2 rings (SSSR count). The van der Waals surface area contributed by atoms with Crippen LogP contribution in [0.3, 0.4) is 0 Å². The molecule has 0 aromatic carbocycles. The smallest absolute Gasteiger partial charge is 0.256 e. The van der Waals surface area contributed by atoms with Gasteiger partial charge in [0.1, 0.15) is 0 Å². The minimum absolute atomic E-state index is 0.160. The van der Waals surface area contributed by atoms with E-state index in [4.69, 9.17) is 5.21 Å². The topological polar surface area (TPSA) is 49.3 Å². The summed E-state index contributed by atoms with van der Waals surface area (Å²) in [6.45, 7) is 0. The number of carbonyl (C=O) groups is 1. The predicted molar refractivity (Wildman–Crippen MR) is 100 cm³/mol. The SMILES string of the molecule is CSC(CCCCc1ccc(-c2ccc(Br)s2)s1)C(=O)NO. The standard InChI is InChI=1S/C15H18BrNO2S3/c1-20-13(15(18)17-19)5-3-2-4-10-6-7-11(21-10)12-8-9-14(16)22-12/h6-9,13,19H,2-5H2,1H3,(H,17,18). The molecule has 120 valence electrons. The van der Waals surface area contributed by atoms with Crippen LogP contribution >= 0.6 is 50.4 Å². The lowest BCUT2D eigenvalue weighted by atomic mass is 10.1. The average molecular weight is 420 g/mol. The van der Waals surface area contributed by atoms with Crippen molar-refractivity contribution in [1.82, 2.24) is 5.48 Å². The van der Waals surface area contributed by atoms with Crippen molar-refractivity contribution in [3.05, 3.63) is 32.9 Å². The molecule has 3 nitrogen and oxygen atoms in total. The first-order valence-electron chi connectivity index (χ1n) is 6.95. The number of rotatable bonds is 8. The minimum atomic E-state index is -0.297. The lowest BCUT2D eigenvalue weighted by Gasteiger charge is -2.11. The number of hydroxylamine groups is 1. The minimum Gasteiger partial charge on any atom is -0.289 e. The Balaban J connectivity index is 1.78. The van der Waals surface area contributed by atoms with E-state index in [9.17, 15) is 4.79 Å². The lowest BCUT2D eigenvalue weighted by Crippen LogP contribution is -2.29. The first-order chi connectivity index (χ1) is 10.6. The van der Waals surface area contributed by atoms with Gasteiger partial charge in [0.15, 0.2) is 0 Å². The van der Waals surface area contributed by atoms with Gasteiger partial charge in [0.2, 0.25) is 0 Å². The van der Waals surface area contributed by atoms with Gasteiger partial charge >= 0.3 is 0 Å². The molecule has 7 heteroatoms. The molecule has 0 aliphatic rings. The molecule has 0 bridgehead atoms. The molecule has 1 atom stereocenters. The predicted octanol–water partition coefficient (Wildman–Crippen LogP) is 5.19. The number of unbranched alkanes of at least 4 members (excludes halogenated alkanes) is 1. The zero-order chi connectivity index (χ0) is 15.9. The van der Waals surface area contributed by atoms with Crippen molar-refractivity contribution in [3.8, 4) is 9.75 Å². The van der Waals surface area contributed by atoms with Crippen LogP contribution in [0.1, 0.15) is 24.1 Å². The van der Waals surface area contributed by atoms with Gasteiger partial charge in [-0.1, -0.05) is 6.42 Å². The first-order valence-corrected chi connectivity index (χ1v) is 10.7. The lowest BCUT2D eigenvalue weighted by molar-refractivity contribution is -0.128. The first kappa shape index (κ1) is 18.0. The summed E-state index contributed by atoms with van der Waals surface area (Å²) in [4.78, 5) is 15.4. The normalized spacial score (nSPS) is 12.3. The van der Waals surface area contributed by atoms with Gasteiger partial charge in [-0.25, -0.2) is 5.48 Å². The molecule has 1 amide bonds. The summed E-state index contributed by atoms with van der Waals surface area (Å²) >= 11 is 8.57. The molecule has 2 heterocycles. The number of amides is 1. The molecule has 0 saturated carbocycles. The van der Waals surface area contributed by atoms with Crippen LogP contribution in [0.5, 0.6) is 0 Å². The van der Waals surface area contributed by atoms with Gasteiger partial charge in [-0.2, -0.15) is 11.8 Å². The zero-order valence-electron chi connectivity index (χ0n) is 12.2. The van der Waals surface area contributed by atoms with Gasteiger partial charge in [0.25, 0.3) is 5.91 Å². The summed E-state index contributed by atoms with van der Waals surface area (Å²) in [7, 11) is 0. The maximum absolute atomic E-state index is 11.4. The third-order valence-electron chi connectivity index (χ3n) is 3.30. The summed E-state index contributed by atoms with van der Waals surface area (Å²) in [5.41, 5.74) is 1.74. The van der Waals surface area contributed by atoms with E-state index in [1.807, 2.05) is 17.6 Å². The number of hydrogen-bond donors (Lipinski definition) is 2. The number of hydrogen-bond acceptors (Lipinski definition) is 5. The van der Waals surface area contributed by atoms with Crippen LogP contribution < -0.4 is 5.48 Å². The van der Waals surface area contributed by atoms with Gasteiger partial charge in [-0.05, 0) is 65.7 Å². The van der Waals surface area contributed by atoms with Crippen molar-refractivity contribution in [2.45, 2.75) is 30.9 Å². The van der Waals surface area contributed by atoms with Crippen molar-refractivity contribution >= 4 is 56.3 Å². The summed E-state index contributed by atoms with van der Waals surface area (Å²) in [6.07, 6.45) is 5.77. The number of carbonyl (C=O) groups excluding carboxylic acids is 1. The van der Waals surface area contributed by atoms with E-state index in [1.54, 1.807) is 16.8 Å². The number of halogens is 1. The Morgan fingerprint density at radius 3 is 2.64 bits per heavy atom. The molecule has 2 aromatic rings. The van der Waals surface area contributed by atoms with Crippen LogP contribution in [0, 0.1) is 0 Å². The molecule has 0 radical (unpaired) electrons. The van der Waals surface area contributed by atoms with Crippen LogP contribution in [-0.4, -0.2) is 22.6 Å². The highest BCUT2D eigenvalue weighted by atomic mass is 79.9. The Morgan fingerprint density at radius 1 is 1.27 bits per heavy atom. The largest absolute Gasteiger partial charge is 0.289 e. The van der Waals surface area contributed by atoms with E-state index in [0.29, 0.717) is 0 Å². The summed E-state index contributed by atoms with van der Waals surface area (Å²) in [5.74, 6) is -0.297. The van der Waals surface area contributed by atoms with Crippen molar-refractivity contribution in [2.75, 3.05) is 6.26 Å². The molecule has 22 heavy (non-hydrogen) atoms. The molecular formula is C15H18BrNO2S3. The number of thioether (sulfide) groups is 1. The van der Waals surface area contributed by atoms with Crippen LogP contribution in [0.4, 0.5) is 0 Å². The molecular weight excluding hydrogens is 402 g/mol. The van der Waals surface area contributed by atoms with Crippen molar-refractivity contribution in [2.24, 2.45) is 0 Å². The fourth-order valence-corrected chi connectivity index (χ4v) is 5.34. The van der Waals surface area contributed by atoms with E-state index in [0.717, 1.165) is 29.5 Å². The highest BCUT2D eigenvalue weighted by Gasteiger charge is 2.15. The van der Waals surface area contributed by atoms with E-state index < -0.39 is 0 Å². The van der Waals surface area contributed by atoms with Gasteiger partial charge in [-0.3, -0.25) is 10.0 Å². The third kappa shape index (κ3) is 5.09. The van der Waals surface area contributed by atoms with Crippen LogP contribution in [0.2, 0.25) is 0 Å². The van der Waals surface area contributed by atoms with E-state index >= 15 is 0 Å². The van der Waals surface area contributed by atoms with Gasteiger partial charge < -0.3 is 0 Å². The van der Waals surface area contributed by atoms with Crippen LogP contribution in [0.15, 0.2) is 28.1 Å². The molecule has 2 aromatic heterocycles. The number of nitrogens with one attached hydrogen (secondary N) is 1. The van der Waals surface area contributed by atoms with E-state index in [1.165, 1.54) is 26.4 Å². The molecule has 0 aliphatic carbocycles. The number of thiophene rings is 2. The quantitative estimate of drug-likeness (QED) is 0.351. The molecule has 2 N–H and O–H groups in total. The fourth-order valence-electron chi connectivity index (χ4n) is 2.15. The van der Waals surface area contributed by atoms with Crippen LogP contribution in [0.25, 0.3) is 9.75 Å². The summed E-state index contributed by atoms with van der Waals surface area (Å²) < 4.78 is 1.16. The second kappa shape index (κ2) is 9.08. The molecule has 1 unspecified atom stereocenters. The summed E-state index contributed by atoms with van der Waals surface area (Å²) in [6, 6.07) is 8.59. The van der Waals surface area contributed by atoms with Crippen LogP contribution in [-0.2, 0) is 11.2 Å². The Labute approximate surface area is 151 Å². The van der Waals surface area contributed by atoms with Crippen molar-refractivity contribution in [1.29, 1.82) is 0 Å². The highest BCUT2D eigenvalue weighted by Crippen LogP contribution is 2.36. The maximum atomic E-state index is 11.4. The van der Waals surface area contributed by atoms with Gasteiger partial charge in [0.05, 0.1) is 9.04 Å². The maximum Gasteiger partial charge on any atom is 0.256 e.